The molecule has 0 radical (unpaired) electrons. The van der Waals surface area contributed by atoms with Crippen molar-refractivity contribution in [1.82, 2.24) is 0 Å². The number of rotatable bonds is 0. The molecule has 0 aromatic rings. The van der Waals surface area contributed by atoms with Crippen molar-refractivity contribution in [3.05, 3.63) is 0 Å². The quantitative estimate of drug-likeness (QED) is 0.308. The Balaban J connectivity index is -0.0000000300. The summed E-state index contributed by atoms with van der Waals surface area (Å²) in [7, 11) is 0. The van der Waals surface area contributed by atoms with E-state index >= 15 is 0 Å². The largest absolute Gasteiger partial charge is 1.00 e. The molecule has 0 aliphatic heterocycles. The summed E-state index contributed by atoms with van der Waals surface area (Å²) >= 11 is 0. The van der Waals surface area contributed by atoms with Crippen molar-refractivity contribution in [2.75, 3.05) is 0 Å². The van der Waals surface area contributed by atoms with E-state index in [0.717, 1.165) is 0 Å². The molecule has 0 spiro atoms. The smallest absolute Gasteiger partial charge is 0.852 e. The molecule has 52 valence electrons. The summed E-state index contributed by atoms with van der Waals surface area (Å²) in [5.74, 6) is 0. The van der Waals surface area contributed by atoms with Gasteiger partial charge >= 0.3 is 37.7 Å². The molecule has 0 saturated heterocycles. The van der Waals surface area contributed by atoms with E-state index in [1.807, 2.05) is 0 Å². The average Bonchev–Trinajstić information content (AvgIpc) is 1.25. The maximum Gasteiger partial charge on any atom is 1.00 e. The first-order chi connectivity index (χ1) is 3.46. The molecular formula is C6H14Li2O2. The Morgan fingerprint density at radius 2 is 0.700 bits per heavy atom. The molecule has 0 aromatic carbocycles. The van der Waals surface area contributed by atoms with Crippen molar-refractivity contribution in [2.24, 2.45) is 0 Å². The van der Waals surface area contributed by atoms with Crippen molar-refractivity contribution in [1.29, 1.82) is 0 Å². The van der Waals surface area contributed by atoms with Crippen molar-refractivity contribution in [3.8, 4) is 0 Å². The third kappa shape index (κ3) is 483. The minimum atomic E-state index is -0.417. The van der Waals surface area contributed by atoms with Crippen LogP contribution in [0, 0.1) is 0 Å². The maximum atomic E-state index is 9.53. The van der Waals surface area contributed by atoms with Crippen LogP contribution in [0.5, 0.6) is 0 Å². The molecule has 0 aliphatic carbocycles. The van der Waals surface area contributed by atoms with Crippen LogP contribution in [0.2, 0.25) is 0 Å². The third-order valence-corrected chi connectivity index (χ3v) is 0. The molecule has 4 heteroatoms. The summed E-state index contributed by atoms with van der Waals surface area (Å²) < 4.78 is 0. The van der Waals surface area contributed by atoms with Crippen LogP contribution in [0.25, 0.3) is 0 Å². The van der Waals surface area contributed by atoms with Gasteiger partial charge in [-0.2, -0.15) is 0 Å². The van der Waals surface area contributed by atoms with Gasteiger partial charge in [0.25, 0.3) is 0 Å². The SMILES string of the molecule is CC(C)[O-].CC(C)[O-].[Li+].[Li+]. The van der Waals surface area contributed by atoms with Gasteiger partial charge in [0.15, 0.2) is 0 Å². The van der Waals surface area contributed by atoms with E-state index in [4.69, 9.17) is 0 Å². The fraction of sp³-hybridized carbons (Fsp3) is 1.00. The van der Waals surface area contributed by atoms with Crippen LogP contribution in [0.4, 0.5) is 0 Å². The van der Waals surface area contributed by atoms with Crippen molar-refractivity contribution >= 4 is 0 Å². The van der Waals surface area contributed by atoms with Gasteiger partial charge in [0, 0.05) is 0 Å². The predicted molar refractivity (Wildman–Crippen MR) is 30.3 cm³/mol. The van der Waals surface area contributed by atoms with E-state index in [0.29, 0.717) is 0 Å². The summed E-state index contributed by atoms with van der Waals surface area (Å²) in [5.41, 5.74) is 0. The van der Waals surface area contributed by atoms with Crippen LogP contribution in [0.1, 0.15) is 27.7 Å². The van der Waals surface area contributed by atoms with Gasteiger partial charge in [-0.15, -0.1) is 12.2 Å². The minimum Gasteiger partial charge on any atom is -0.852 e. The van der Waals surface area contributed by atoms with Crippen LogP contribution < -0.4 is 47.9 Å². The van der Waals surface area contributed by atoms with Crippen molar-refractivity contribution < 1.29 is 47.9 Å². The fourth-order valence-electron chi connectivity index (χ4n) is 0. The molecule has 0 amide bonds. The van der Waals surface area contributed by atoms with Gasteiger partial charge in [-0.25, -0.2) is 0 Å². The fourth-order valence-corrected chi connectivity index (χ4v) is 0. The summed E-state index contributed by atoms with van der Waals surface area (Å²) in [6.07, 6.45) is -0.833. The molecule has 0 aliphatic rings. The second-order valence-corrected chi connectivity index (χ2v) is 2.10. The topological polar surface area (TPSA) is 46.1 Å². The molecule has 0 saturated carbocycles. The zero-order valence-electron chi connectivity index (χ0n) is 7.97. The second kappa shape index (κ2) is 16.6. The Labute approximate surface area is 87.8 Å². The van der Waals surface area contributed by atoms with E-state index in [-0.39, 0.29) is 37.7 Å². The summed E-state index contributed by atoms with van der Waals surface area (Å²) in [6, 6.07) is 0. The molecule has 0 heterocycles. The first-order valence-electron chi connectivity index (χ1n) is 2.78. The second-order valence-electron chi connectivity index (χ2n) is 2.10. The predicted octanol–water partition coefficient (Wildman–Crippen LogP) is -6.48. The van der Waals surface area contributed by atoms with Gasteiger partial charge in [0.2, 0.25) is 0 Å². The zero-order chi connectivity index (χ0) is 7.15. The normalized spacial score (nSPS) is 7.20. The van der Waals surface area contributed by atoms with Crippen LogP contribution >= 0.6 is 0 Å². The first-order valence-corrected chi connectivity index (χ1v) is 2.78. The van der Waals surface area contributed by atoms with E-state index in [1.165, 1.54) is 0 Å². The molecule has 0 atom stereocenters. The Morgan fingerprint density at radius 1 is 0.700 bits per heavy atom. The Hall–Kier alpha value is 1.11. The molecule has 0 fully saturated rings. The molecule has 2 nitrogen and oxygen atoms in total. The maximum absolute atomic E-state index is 9.53. The molecule has 0 rings (SSSR count). The van der Waals surface area contributed by atoms with Gasteiger partial charge in [-0.1, -0.05) is 27.7 Å². The van der Waals surface area contributed by atoms with Crippen molar-refractivity contribution in [3.63, 3.8) is 0 Å². The van der Waals surface area contributed by atoms with E-state index in [1.54, 1.807) is 27.7 Å². The number of hydrogen-bond donors (Lipinski definition) is 0. The van der Waals surface area contributed by atoms with Crippen LogP contribution in [0.15, 0.2) is 0 Å². The van der Waals surface area contributed by atoms with Gasteiger partial charge in [0.1, 0.15) is 0 Å². The molecule has 0 aromatic heterocycles. The first kappa shape index (κ1) is 22.5. The Kier molecular flexibility index (Phi) is 37.3. The van der Waals surface area contributed by atoms with Gasteiger partial charge in [-0.3, -0.25) is 0 Å². The monoisotopic (exact) mass is 132 g/mol. The van der Waals surface area contributed by atoms with E-state index in [9.17, 15) is 10.2 Å². The summed E-state index contributed by atoms with van der Waals surface area (Å²) in [6.45, 7) is 6.44. The molecule has 10 heavy (non-hydrogen) atoms. The standard InChI is InChI=1S/2C3H7O.2Li/c2*1-3(2)4;;/h2*3H,1-2H3;;/q2*-1;2*+1. The van der Waals surface area contributed by atoms with E-state index < -0.39 is 12.2 Å². The average molecular weight is 132 g/mol. The van der Waals surface area contributed by atoms with Crippen molar-refractivity contribution in [2.45, 2.75) is 39.9 Å². The van der Waals surface area contributed by atoms with E-state index in [2.05, 4.69) is 0 Å². The zero-order valence-corrected chi connectivity index (χ0v) is 7.97. The molecule has 0 bridgehead atoms. The molecular weight excluding hydrogens is 118 g/mol. The van der Waals surface area contributed by atoms with Gasteiger partial charge in [0.05, 0.1) is 0 Å². The van der Waals surface area contributed by atoms with Gasteiger partial charge < -0.3 is 10.2 Å². The molecule has 0 N–H and O–H groups in total. The van der Waals surface area contributed by atoms with Crippen LogP contribution in [-0.4, -0.2) is 12.2 Å². The minimum absolute atomic E-state index is 0. The van der Waals surface area contributed by atoms with Crippen LogP contribution in [0.3, 0.4) is 0 Å². The molecule has 0 unspecified atom stereocenters. The third-order valence-electron chi connectivity index (χ3n) is 0. The Bertz CT molecular complexity index is 29.2. The van der Waals surface area contributed by atoms with Gasteiger partial charge in [-0.05, 0) is 0 Å². The number of hydrogen-bond acceptors (Lipinski definition) is 2. The summed E-state index contributed by atoms with van der Waals surface area (Å²) in [5, 5.41) is 19.1. The Morgan fingerprint density at radius 3 is 0.700 bits per heavy atom. The van der Waals surface area contributed by atoms with Crippen LogP contribution in [-0.2, 0) is 0 Å². The summed E-state index contributed by atoms with van der Waals surface area (Å²) in [4.78, 5) is 0.